The molecule has 0 aliphatic carbocycles. The second kappa shape index (κ2) is 6.11. The van der Waals surface area contributed by atoms with Crippen molar-refractivity contribution in [1.29, 1.82) is 0 Å². The van der Waals surface area contributed by atoms with Crippen molar-refractivity contribution >= 4 is 0 Å². The molecule has 1 fully saturated rings. The molecule has 2 atom stereocenters. The Bertz CT molecular complexity index is 223. The van der Waals surface area contributed by atoms with Gasteiger partial charge in [0.2, 0.25) is 0 Å². The molecule has 0 saturated carbocycles. The highest BCUT2D eigenvalue weighted by atomic mass is 16.7. The molecule has 5 heteroatoms. The van der Waals surface area contributed by atoms with E-state index in [1.165, 1.54) is 0 Å². The van der Waals surface area contributed by atoms with Gasteiger partial charge in [-0.3, -0.25) is 0 Å². The highest BCUT2D eigenvalue weighted by Crippen LogP contribution is 2.41. The summed E-state index contributed by atoms with van der Waals surface area (Å²) in [6, 6.07) is 0. The quantitative estimate of drug-likeness (QED) is 0.669. The fourth-order valence-electron chi connectivity index (χ4n) is 2.46. The summed E-state index contributed by atoms with van der Waals surface area (Å²) in [6.45, 7) is 3.44. The van der Waals surface area contributed by atoms with E-state index < -0.39 is 17.3 Å². The average Bonchev–Trinajstić information content (AvgIpc) is 2.36. The molecular weight excluding hydrogens is 222 g/mol. The molecule has 1 heterocycles. The fraction of sp³-hybridized carbons (Fsp3) is 1.00. The molecule has 1 rings (SSSR count). The van der Waals surface area contributed by atoms with E-state index in [0.29, 0.717) is 19.6 Å². The van der Waals surface area contributed by atoms with Crippen molar-refractivity contribution in [3.63, 3.8) is 0 Å². The zero-order chi connectivity index (χ0) is 12.9. The van der Waals surface area contributed by atoms with E-state index in [1.807, 2.05) is 0 Å². The van der Waals surface area contributed by atoms with E-state index in [9.17, 15) is 5.11 Å². The monoisotopic (exact) mass is 247 g/mol. The molecule has 2 unspecified atom stereocenters. The van der Waals surface area contributed by atoms with Gasteiger partial charge in [0.25, 0.3) is 0 Å². The highest BCUT2D eigenvalue weighted by molar-refractivity contribution is 4.98. The molecule has 0 aromatic heterocycles. The van der Waals surface area contributed by atoms with Crippen molar-refractivity contribution in [2.24, 2.45) is 11.1 Å². The molecule has 3 N–H and O–H groups in total. The Hall–Kier alpha value is -0.200. The second-order valence-corrected chi connectivity index (χ2v) is 5.02. The Balaban J connectivity index is 2.76. The van der Waals surface area contributed by atoms with Crippen LogP contribution in [0.2, 0.25) is 0 Å². The number of nitrogens with two attached hydrogens (primary N) is 1. The maximum atomic E-state index is 10.7. The van der Waals surface area contributed by atoms with Gasteiger partial charge in [0, 0.05) is 39.2 Å². The molecule has 0 radical (unpaired) electrons. The third-order valence-electron chi connectivity index (χ3n) is 3.95. The van der Waals surface area contributed by atoms with Crippen LogP contribution >= 0.6 is 0 Å². The lowest BCUT2D eigenvalue weighted by molar-refractivity contribution is -0.191. The van der Waals surface area contributed by atoms with E-state index in [2.05, 4.69) is 0 Å². The van der Waals surface area contributed by atoms with Crippen molar-refractivity contribution < 1.29 is 19.3 Å². The first kappa shape index (κ1) is 14.9. The summed E-state index contributed by atoms with van der Waals surface area (Å²) in [5, 5.41) is 10.7. The maximum Gasteiger partial charge on any atom is 0.159 e. The molecule has 102 valence electrons. The van der Waals surface area contributed by atoms with Gasteiger partial charge in [-0.15, -0.1) is 0 Å². The highest BCUT2D eigenvalue weighted by Gasteiger charge is 2.48. The summed E-state index contributed by atoms with van der Waals surface area (Å²) < 4.78 is 15.8. The molecule has 1 saturated heterocycles. The molecule has 0 amide bonds. The first-order valence-corrected chi connectivity index (χ1v) is 6.07. The van der Waals surface area contributed by atoms with Gasteiger partial charge in [-0.1, -0.05) is 0 Å². The predicted molar refractivity (Wildman–Crippen MR) is 64.6 cm³/mol. The van der Waals surface area contributed by atoms with E-state index >= 15 is 0 Å². The van der Waals surface area contributed by atoms with Crippen LogP contribution in [0.4, 0.5) is 0 Å². The van der Waals surface area contributed by atoms with Crippen molar-refractivity contribution in [3.05, 3.63) is 0 Å². The lowest BCUT2D eigenvalue weighted by atomic mass is 9.67. The van der Waals surface area contributed by atoms with Crippen LogP contribution in [-0.2, 0) is 14.2 Å². The Morgan fingerprint density at radius 3 is 2.53 bits per heavy atom. The van der Waals surface area contributed by atoms with Crippen molar-refractivity contribution in [2.75, 3.05) is 34.0 Å². The SMILES string of the molecule is COC(CC(C)(O)C1(CN)CCCOC1)OC. The van der Waals surface area contributed by atoms with Crippen LogP contribution in [0.3, 0.4) is 0 Å². The molecule has 5 nitrogen and oxygen atoms in total. The van der Waals surface area contributed by atoms with Gasteiger partial charge in [0.05, 0.1) is 12.2 Å². The van der Waals surface area contributed by atoms with Crippen molar-refractivity contribution in [2.45, 2.75) is 38.1 Å². The molecular formula is C12H25NO4. The number of aliphatic hydroxyl groups is 1. The minimum absolute atomic E-state index is 0.389. The minimum Gasteiger partial charge on any atom is -0.389 e. The van der Waals surface area contributed by atoms with Gasteiger partial charge in [0.1, 0.15) is 0 Å². The van der Waals surface area contributed by atoms with Crippen LogP contribution in [0.15, 0.2) is 0 Å². The molecule has 0 bridgehead atoms. The Morgan fingerprint density at radius 2 is 2.12 bits per heavy atom. The zero-order valence-electron chi connectivity index (χ0n) is 11.1. The Kier molecular flexibility index (Phi) is 5.34. The van der Waals surface area contributed by atoms with Crippen molar-refractivity contribution in [3.8, 4) is 0 Å². The normalized spacial score (nSPS) is 29.3. The molecule has 0 aromatic carbocycles. The molecule has 0 spiro atoms. The fourth-order valence-corrected chi connectivity index (χ4v) is 2.46. The van der Waals surface area contributed by atoms with E-state index in [0.717, 1.165) is 19.4 Å². The Labute approximate surface area is 103 Å². The van der Waals surface area contributed by atoms with Crippen LogP contribution < -0.4 is 5.73 Å². The van der Waals surface area contributed by atoms with Gasteiger partial charge >= 0.3 is 0 Å². The van der Waals surface area contributed by atoms with Crippen molar-refractivity contribution in [1.82, 2.24) is 0 Å². The van der Waals surface area contributed by atoms with Crippen LogP contribution in [0.5, 0.6) is 0 Å². The summed E-state index contributed by atoms with van der Waals surface area (Å²) >= 11 is 0. The molecule has 1 aliphatic rings. The largest absolute Gasteiger partial charge is 0.389 e. The second-order valence-electron chi connectivity index (χ2n) is 5.02. The molecule has 17 heavy (non-hydrogen) atoms. The van der Waals surface area contributed by atoms with Gasteiger partial charge in [0.15, 0.2) is 6.29 Å². The third-order valence-corrected chi connectivity index (χ3v) is 3.95. The number of ether oxygens (including phenoxy) is 3. The summed E-state index contributed by atoms with van der Waals surface area (Å²) in [4.78, 5) is 0. The molecule has 1 aliphatic heterocycles. The third kappa shape index (κ3) is 3.17. The van der Waals surface area contributed by atoms with E-state index in [-0.39, 0.29) is 0 Å². The number of methoxy groups -OCH3 is 2. The summed E-state index contributed by atoms with van der Waals surface area (Å²) in [5.41, 5.74) is 4.50. The first-order chi connectivity index (χ1) is 8.01. The number of hydrogen-bond acceptors (Lipinski definition) is 5. The number of hydrogen-bond donors (Lipinski definition) is 2. The van der Waals surface area contributed by atoms with E-state index in [1.54, 1.807) is 21.1 Å². The maximum absolute atomic E-state index is 10.7. The minimum atomic E-state index is -0.959. The lowest BCUT2D eigenvalue weighted by Crippen LogP contribution is -2.56. The lowest BCUT2D eigenvalue weighted by Gasteiger charge is -2.47. The topological polar surface area (TPSA) is 73.9 Å². The Morgan fingerprint density at radius 1 is 1.47 bits per heavy atom. The van der Waals surface area contributed by atoms with Crippen LogP contribution in [0.1, 0.15) is 26.2 Å². The average molecular weight is 247 g/mol. The summed E-state index contributed by atoms with van der Waals surface area (Å²) in [7, 11) is 3.13. The van der Waals surface area contributed by atoms with E-state index in [4.69, 9.17) is 19.9 Å². The van der Waals surface area contributed by atoms with Gasteiger partial charge < -0.3 is 25.1 Å². The number of rotatable bonds is 6. The standard InChI is InChI=1S/C12H25NO4/c1-11(14,7-10(15-2)16-3)12(8-13)5-4-6-17-9-12/h10,14H,4-9,13H2,1-3H3. The van der Waals surface area contributed by atoms with Gasteiger partial charge in [-0.25, -0.2) is 0 Å². The smallest absolute Gasteiger partial charge is 0.159 e. The van der Waals surface area contributed by atoms with Gasteiger partial charge in [-0.2, -0.15) is 0 Å². The zero-order valence-corrected chi connectivity index (χ0v) is 11.1. The predicted octanol–water partition coefficient (Wildman–Crippen LogP) is 0.502. The first-order valence-electron chi connectivity index (χ1n) is 6.07. The summed E-state index contributed by atoms with van der Waals surface area (Å²) in [5.74, 6) is 0. The van der Waals surface area contributed by atoms with Crippen LogP contribution in [0.25, 0.3) is 0 Å². The summed E-state index contributed by atoms with van der Waals surface area (Å²) in [6.07, 6.45) is 1.77. The van der Waals surface area contributed by atoms with Crippen LogP contribution in [-0.4, -0.2) is 51.0 Å². The van der Waals surface area contributed by atoms with Gasteiger partial charge in [-0.05, 0) is 19.8 Å². The molecule has 0 aromatic rings. The van der Waals surface area contributed by atoms with Crippen LogP contribution in [0, 0.1) is 5.41 Å².